The Morgan fingerprint density at radius 1 is 1.69 bits per heavy atom. The Labute approximate surface area is 94.5 Å². The van der Waals surface area contributed by atoms with Gasteiger partial charge in [-0.3, -0.25) is 0 Å². The Morgan fingerprint density at radius 3 is 3.25 bits per heavy atom. The Bertz CT molecular complexity index is 407. The predicted octanol–water partition coefficient (Wildman–Crippen LogP) is 1.25. The van der Waals surface area contributed by atoms with Crippen LogP contribution in [0.1, 0.15) is 24.2 Å². The van der Waals surface area contributed by atoms with Gasteiger partial charge in [0.05, 0.1) is 12.3 Å². The van der Waals surface area contributed by atoms with Crippen LogP contribution in [-0.2, 0) is 4.74 Å². The van der Waals surface area contributed by atoms with E-state index in [0.717, 1.165) is 19.4 Å². The van der Waals surface area contributed by atoms with E-state index >= 15 is 0 Å². The van der Waals surface area contributed by atoms with Crippen LogP contribution in [0.4, 0.5) is 5.82 Å². The van der Waals surface area contributed by atoms with E-state index < -0.39 is 0 Å². The summed E-state index contributed by atoms with van der Waals surface area (Å²) in [4.78, 5) is 8.19. The van der Waals surface area contributed by atoms with Crippen molar-refractivity contribution in [3.8, 4) is 6.07 Å². The van der Waals surface area contributed by atoms with E-state index in [1.807, 2.05) is 0 Å². The summed E-state index contributed by atoms with van der Waals surface area (Å²) in [5.41, 5.74) is 0.476. The monoisotopic (exact) mass is 218 g/mol. The van der Waals surface area contributed by atoms with Crippen molar-refractivity contribution in [1.29, 1.82) is 5.26 Å². The lowest BCUT2D eigenvalue weighted by atomic mass is 10.2. The Balaban J connectivity index is 2.02. The van der Waals surface area contributed by atoms with Gasteiger partial charge >= 0.3 is 0 Å². The number of nitrogens with one attached hydrogen (secondary N) is 1. The molecule has 5 heteroatoms. The maximum Gasteiger partial charge on any atom is 0.147 e. The summed E-state index contributed by atoms with van der Waals surface area (Å²) in [6.45, 7) is 3.34. The molecule has 1 aliphatic rings. The average Bonchev–Trinajstić information content (AvgIpc) is 2.79. The maximum atomic E-state index is 8.90. The number of rotatable bonds is 3. The van der Waals surface area contributed by atoms with Crippen molar-refractivity contribution in [2.24, 2.45) is 0 Å². The fraction of sp³-hybridized carbons (Fsp3) is 0.545. The van der Waals surface area contributed by atoms with Crippen LogP contribution in [0, 0.1) is 18.3 Å². The van der Waals surface area contributed by atoms with Crippen LogP contribution in [0.5, 0.6) is 0 Å². The topological polar surface area (TPSA) is 70.8 Å². The largest absolute Gasteiger partial charge is 0.376 e. The molecule has 1 fully saturated rings. The Kier molecular flexibility index (Phi) is 3.32. The first-order chi connectivity index (χ1) is 7.79. The second-order valence-electron chi connectivity index (χ2n) is 3.81. The van der Waals surface area contributed by atoms with Gasteiger partial charge in [-0.15, -0.1) is 0 Å². The van der Waals surface area contributed by atoms with Gasteiger partial charge in [0, 0.05) is 13.2 Å². The lowest BCUT2D eigenvalue weighted by Crippen LogP contribution is -2.19. The molecule has 1 aromatic heterocycles. The molecule has 1 aliphatic heterocycles. The molecule has 0 radical (unpaired) electrons. The molecular weight excluding hydrogens is 204 g/mol. The van der Waals surface area contributed by atoms with Crippen LogP contribution < -0.4 is 5.32 Å². The lowest BCUT2D eigenvalue weighted by molar-refractivity contribution is 0.120. The quantitative estimate of drug-likeness (QED) is 0.826. The second-order valence-corrected chi connectivity index (χ2v) is 3.81. The number of hydrogen-bond acceptors (Lipinski definition) is 5. The smallest absolute Gasteiger partial charge is 0.147 e. The van der Waals surface area contributed by atoms with Gasteiger partial charge in [-0.1, -0.05) is 0 Å². The van der Waals surface area contributed by atoms with Gasteiger partial charge in [0.15, 0.2) is 0 Å². The molecule has 0 saturated carbocycles. The minimum absolute atomic E-state index is 0.238. The van der Waals surface area contributed by atoms with Crippen LogP contribution in [0.3, 0.4) is 0 Å². The molecule has 0 bridgehead atoms. The predicted molar refractivity (Wildman–Crippen MR) is 58.9 cm³/mol. The van der Waals surface area contributed by atoms with E-state index in [4.69, 9.17) is 10.00 Å². The Morgan fingerprint density at radius 2 is 2.56 bits per heavy atom. The summed E-state index contributed by atoms with van der Waals surface area (Å²) in [6, 6.07) is 2.07. The van der Waals surface area contributed by atoms with Gasteiger partial charge in [0.2, 0.25) is 0 Å². The number of aryl methyl sites for hydroxylation is 1. The highest BCUT2D eigenvalue weighted by atomic mass is 16.5. The van der Waals surface area contributed by atoms with Crippen molar-refractivity contribution >= 4 is 5.82 Å². The molecule has 2 heterocycles. The van der Waals surface area contributed by atoms with Gasteiger partial charge in [-0.25, -0.2) is 9.97 Å². The highest BCUT2D eigenvalue weighted by Crippen LogP contribution is 2.14. The molecule has 0 spiro atoms. The summed E-state index contributed by atoms with van der Waals surface area (Å²) in [7, 11) is 0. The zero-order chi connectivity index (χ0) is 11.4. The molecule has 84 valence electrons. The van der Waals surface area contributed by atoms with E-state index in [-0.39, 0.29) is 6.10 Å². The van der Waals surface area contributed by atoms with Crippen LogP contribution >= 0.6 is 0 Å². The minimum atomic E-state index is 0.238. The van der Waals surface area contributed by atoms with E-state index in [9.17, 15) is 0 Å². The van der Waals surface area contributed by atoms with Crippen molar-refractivity contribution in [1.82, 2.24) is 9.97 Å². The van der Waals surface area contributed by atoms with Crippen LogP contribution in [0.15, 0.2) is 6.20 Å². The van der Waals surface area contributed by atoms with E-state index in [0.29, 0.717) is 23.8 Å². The van der Waals surface area contributed by atoms with Crippen LogP contribution in [-0.4, -0.2) is 29.2 Å². The van der Waals surface area contributed by atoms with Crippen LogP contribution in [0.25, 0.3) is 0 Å². The van der Waals surface area contributed by atoms with Crippen molar-refractivity contribution in [3.05, 3.63) is 17.6 Å². The fourth-order valence-corrected chi connectivity index (χ4v) is 1.70. The average molecular weight is 218 g/mol. The van der Waals surface area contributed by atoms with Gasteiger partial charge in [0.25, 0.3) is 0 Å². The van der Waals surface area contributed by atoms with Crippen molar-refractivity contribution in [2.45, 2.75) is 25.9 Å². The summed E-state index contributed by atoms with van der Waals surface area (Å²) in [6.07, 6.45) is 3.96. The molecule has 1 atom stereocenters. The second kappa shape index (κ2) is 4.90. The van der Waals surface area contributed by atoms with Crippen LogP contribution in [0.2, 0.25) is 0 Å². The number of nitrogens with zero attached hydrogens (tertiary/aromatic N) is 3. The number of aromatic nitrogens is 2. The summed E-state index contributed by atoms with van der Waals surface area (Å²) in [5, 5.41) is 12.0. The van der Waals surface area contributed by atoms with Gasteiger partial charge in [-0.05, 0) is 19.8 Å². The van der Waals surface area contributed by atoms with Crippen molar-refractivity contribution in [2.75, 3.05) is 18.5 Å². The molecule has 1 N–H and O–H groups in total. The highest BCUT2D eigenvalue weighted by molar-refractivity contribution is 5.50. The van der Waals surface area contributed by atoms with Gasteiger partial charge < -0.3 is 10.1 Å². The van der Waals surface area contributed by atoms with Gasteiger partial charge in [0.1, 0.15) is 23.3 Å². The number of nitriles is 1. The Hall–Kier alpha value is -1.67. The first-order valence-corrected chi connectivity index (χ1v) is 5.39. The van der Waals surface area contributed by atoms with E-state index in [2.05, 4.69) is 21.4 Å². The van der Waals surface area contributed by atoms with Gasteiger partial charge in [-0.2, -0.15) is 5.26 Å². The number of hydrogen-bond donors (Lipinski definition) is 1. The molecule has 2 rings (SSSR count). The third-order valence-corrected chi connectivity index (χ3v) is 2.55. The van der Waals surface area contributed by atoms with E-state index in [1.54, 1.807) is 13.1 Å². The molecule has 0 aliphatic carbocycles. The number of anilines is 1. The maximum absolute atomic E-state index is 8.90. The molecule has 1 aromatic rings. The molecule has 1 unspecified atom stereocenters. The zero-order valence-electron chi connectivity index (χ0n) is 9.23. The third kappa shape index (κ3) is 2.47. The first-order valence-electron chi connectivity index (χ1n) is 5.39. The van der Waals surface area contributed by atoms with Crippen molar-refractivity contribution < 1.29 is 4.74 Å². The fourth-order valence-electron chi connectivity index (χ4n) is 1.70. The minimum Gasteiger partial charge on any atom is -0.376 e. The SMILES string of the molecule is Cc1ncc(C#N)c(NCC2CCCO2)n1. The normalized spacial score (nSPS) is 19.4. The molecular formula is C11H14N4O. The molecule has 0 amide bonds. The van der Waals surface area contributed by atoms with E-state index in [1.165, 1.54) is 0 Å². The molecule has 1 saturated heterocycles. The molecule has 5 nitrogen and oxygen atoms in total. The standard InChI is InChI=1S/C11H14N4O/c1-8-13-6-9(5-12)11(15-8)14-7-10-3-2-4-16-10/h6,10H,2-4,7H2,1H3,(H,13,14,15). The highest BCUT2D eigenvalue weighted by Gasteiger charge is 2.16. The van der Waals surface area contributed by atoms with Crippen molar-refractivity contribution in [3.63, 3.8) is 0 Å². The molecule has 16 heavy (non-hydrogen) atoms. The summed E-state index contributed by atoms with van der Waals surface area (Å²) < 4.78 is 5.49. The zero-order valence-corrected chi connectivity index (χ0v) is 9.23. The summed E-state index contributed by atoms with van der Waals surface area (Å²) in [5.74, 6) is 1.26. The lowest BCUT2D eigenvalue weighted by Gasteiger charge is -2.12. The summed E-state index contributed by atoms with van der Waals surface area (Å²) >= 11 is 0. The number of ether oxygens (including phenoxy) is 1. The first kappa shape index (κ1) is 10.8. The molecule has 0 aromatic carbocycles. The third-order valence-electron chi connectivity index (χ3n) is 2.55.